The third kappa shape index (κ3) is 1.87. The van der Waals surface area contributed by atoms with Gasteiger partial charge in [-0.25, -0.2) is 0 Å². The number of benzene rings is 1. The average Bonchev–Trinajstić information content (AvgIpc) is 2.48. The van der Waals surface area contributed by atoms with Crippen molar-refractivity contribution in [1.29, 1.82) is 0 Å². The molecule has 0 spiro atoms. The Kier molecular flexibility index (Phi) is 3.16. The first-order chi connectivity index (χ1) is 9.65. The van der Waals surface area contributed by atoms with Gasteiger partial charge in [-0.15, -0.1) is 0 Å². The molecule has 1 aliphatic rings. The molecule has 0 saturated heterocycles. The maximum atomic E-state index is 11.9. The summed E-state index contributed by atoms with van der Waals surface area (Å²) in [4.78, 5) is 11.9. The van der Waals surface area contributed by atoms with Gasteiger partial charge in [0.2, 0.25) is 0 Å². The highest BCUT2D eigenvalue weighted by molar-refractivity contribution is 5.92. The molecule has 104 valence electrons. The van der Waals surface area contributed by atoms with E-state index in [2.05, 4.69) is 10.2 Å². The van der Waals surface area contributed by atoms with Crippen LogP contribution in [0.2, 0.25) is 0 Å². The zero-order chi connectivity index (χ0) is 14.2. The van der Waals surface area contributed by atoms with Gasteiger partial charge in [-0.05, 0) is 19.8 Å². The number of hydrogen-bond acceptors (Lipinski definition) is 3. The number of fused-ring (bicyclic) bond motifs is 1. The van der Waals surface area contributed by atoms with E-state index in [0.29, 0.717) is 18.5 Å². The van der Waals surface area contributed by atoms with Crippen LogP contribution in [0.4, 0.5) is 0 Å². The van der Waals surface area contributed by atoms with Crippen LogP contribution in [0.1, 0.15) is 43.5 Å². The van der Waals surface area contributed by atoms with Crippen molar-refractivity contribution in [3.05, 3.63) is 35.7 Å². The minimum Gasteiger partial charge on any atom is -0.481 e. The van der Waals surface area contributed by atoms with Gasteiger partial charge in [-0.2, -0.15) is 10.2 Å². The molecule has 0 radical (unpaired) electrons. The number of rotatable bonds is 2. The summed E-state index contributed by atoms with van der Waals surface area (Å²) >= 11 is 0. The molecule has 1 N–H and O–H groups in total. The van der Waals surface area contributed by atoms with Crippen LogP contribution >= 0.6 is 0 Å². The van der Waals surface area contributed by atoms with Crippen molar-refractivity contribution >= 4 is 16.7 Å². The molecular formula is C16H18N2O2. The molecule has 0 aliphatic heterocycles. The molecule has 3 rings (SSSR count). The predicted octanol–water partition coefficient (Wildman–Crippen LogP) is 3.22. The van der Waals surface area contributed by atoms with Gasteiger partial charge in [0, 0.05) is 10.8 Å². The van der Waals surface area contributed by atoms with Gasteiger partial charge >= 0.3 is 5.97 Å². The van der Waals surface area contributed by atoms with Crippen LogP contribution < -0.4 is 0 Å². The van der Waals surface area contributed by atoms with E-state index in [4.69, 9.17) is 0 Å². The molecule has 4 heteroatoms. The van der Waals surface area contributed by atoms with Crippen molar-refractivity contribution in [2.75, 3.05) is 0 Å². The zero-order valence-corrected chi connectivity index (χ0v) is 11.6. The molecule has 0 unspecified atom stereocenters. The maximum absolute atomic E-state index is 11.9. The maximum Gasteiger partial charge on any atom is 0.315 e. The van der Waals surface area contributed by atoms with Gasteiger partial charge < -0.3 is 5.11 Å². The Hall–Kier alpha value is -1.97. The van der Waals surface area contributed by atoms with Crippen molar-refractivity contribution < 1.29 is 9.90 Å². The molecule has 4 nitrogen and oxygen atoms in total. The normalized spacial score (nSPS) is 18.1. The summed E-state index contributed by atoms with van der Waals surface area (Å²) in [5, 5.41) is 20.2. The largest absolute Gasteiger partial charge is 0.481 e. The third-order valence-electron chi connectivity index (χ3n) is 4.44. The lowest BCUT2D eigenvalue weighted by Crippen LogP contribution is -2.39. The van der Waals surface area contributed by atoms with Gasteiger partial charge in [0.15, 0.2) is 0 Å². The molecule has 0 bridgehead atoms. The van der Waals surface area contributed by atoms with Gasteiger partial charge in [-0.1, -0.05) is 43.5 Å². The first kappa shape index (κ1) is 13.0. The van der Waals surface area contributed by atoms with E-state index in [1.54, 1.807) is 0 Å². The van der Waals surface area contributed by atoms with Crippen LogP contribution in [0.15, 0.2) is 24.3 Å². The van der Waals surface area contributed by atoms with Crippen LogP contribution in [0, 0.1) is 6.92 Å². The molecule has 2 aromatic rings. The van der Waals surface area contributed by atoms with E-state index in [1.807, 2.05) is 31.2 Å². The Labute approximate surface area is 117 Å². The second-order valence-corrected chi connectivity index (χ2v) is 5.63. The Morgan fingerprint density at radius 3 is 2.40 bits per heavy atom. The van der Waals surface area contributed by atoms with E-state index in [-0.39, 0.29) is 0 Å². The molecule has 1 aliphatic carbocycles. The summed E-state index contributed by atoms with van der Waals surface area (Å²) in [5.74, 6) is -0.763. The summed E-state index contributed by atoms with van der Waals surface area (Å²) < 4.78 is 0. The molecule has 1 aromatic heterocycles. The van der Waals surface area contributed by atoms with E-state index in [0.717, 1.165) is 35.7 Å². The van der Waals surface area contributed by atoms with Crippen molar-refractivity contribution in [1.82, 2.24) is 10.2 Å². The second-order valence-electron chi connectivity index (χ2n) is 5.63. The van der Waals surface area contributed by atoms with E-state index < -0.39 is 11.4 Å². The van der Waals surface area contributed by atoms with E-state index >= 15 is 0 Å². The van der Waals surface area contributed by atoms with E-state index in [1.165, 1.54) is 0 Å². The fourth-order valence-corrected chi connectivity index (χ4v) is 3.30. The summed E-state index contributed by atoms with van der Waals surface area (Å²) in [6, 6.07) is 7.84. The number of aromatic nitrogens is 2. The average molecular weight is 270 g/mol. The first-order valence-corrected chi connectivity index (χ1v) is 7.11. The van der Waals surface area contributed by atoms with Crippen LogP contribution in [0.25, 0.3) is 10.8 Å². The number of aryl methyl sites for hydroxylation is 1. The third-order valence-corrected chi connectivity index (χ3v) is 4.44. The summed E-state index contributed by atoms with van der Waals surface area (Å²) in [7, 11) is 0. The molecular weight excluding hydrogens is 252 g/mol. The molecule has 1 fully saturated rings. The Bertz CT molecular complexity index is 661. The smallest absolute Gasteiger partial charge is 0.315 e. The fraction of sp³-hybridized carbons (Fsp3) is 0.438. The van der Waals surface area contributed by atoms with Crippen molar-refractivity contribution in [3.63, 3.8) is 0 Å². The molecule has 0 atom stereocenters. The van der Waals surface area contributed by atoms with Crippen molar-refractivity contribution in [2.24, 2.45) is 0 Å². The topological polar surface area (TPSA) is 63.1 Å². The molecule has 0 amide bonds. The highest BCUT2D eigenvalue weighted by Crippen LogP contribution is 2.41. The number of carbonyl (C=O) groups is 1. The van der Waals surface area contributed by atoms with Crippen molar-refractivity contribution in [3.8, 4) is 0 Å². The van der Waals surface area contributed by atoms with Crippen molar-refractivity contribution in [2.45, 2.75) is 44.4 Å². The number of aliphatic carboxylic acids is 1. The minimum absolute atomic E-state index is 0.644. The molecule has 1 heterocycles. The van der Waals surface area contributed by atoms with Crippen LogP contribution in [-0.4, -0.2) is 21.3 Å². The molecule has 1 aromatic carbocycles. The monoisotopic (exact) mass is 270 g/mol. The summed E-state index contributed by atoms with van der Waals surface area (Å²) in [5.41, 5.74) is 0.630. The van der Waals surface area contributed by atoms with Gasteiger partial charge in [0.1, 0.15) is 5.41 Å². The van der Waals surface area contributed by atoms with Crippen LogP contribution in [0.5, 0.6) is 0 Å². The SMILES string of the molecule is Cc1nnc(C2(C(=O)O)CCCCC2)c2ccccc12. The summed E-state index contributed by atoms with van der Waals surface area (Å²) in [6.45, 7) is 1.91. The second kappa shape index (κ2) is 4.85. The molecule has 20 heavy (non-hydrogen) atoms. The molecule has 1 saturated carbocycles. The Balaban J connectivity index is 2.27. The highest BCUT2D eigenvalue weighted by atomic mass is 16.4. The number of carboxylic acid groups (broad SMARTS) is 1. The lowest BCUT2D eigenvalue weighted by molar-refractivity contribution is -0.145. The zero-order valence-electron chi connectivity index (χ0n) is 11.6. The number of hydrogen-bond donors (Lipinski definition) is 1. The van der Waals surface area contributed by atoms with Gasteiger partial charge in [0.05, 0.1) is 11.4 Å². The highest BCUT2D eigenvalue weighted by Gasteiger charge is 2.44. The van der Waals surface area contributed by atoms with Gasteiger partial charge in [0.25, 0.3) is 0 Å². The van der Waals surface area contributed by atoms with Crippen LogP contribution in [-0.2, 0) is 10.2 Å². The quantitative estimate of drug-likeness (QED) is 0.910. The fourth-order valence-electron chi connectivity index (χ4n) is 3.30. The van der Waals surface area contributed by atoms with Crippen LogP contribution in [0.3, 0.4) is 0 Å². The Morgan fingerprint density at radius 1 is 1.10 bits per heavy atom. The van der Waals surface area contributed by atoms with E-state index in [9.17, 15) is 9.90 Å². The minimum atomic E-state index is -0.863. The van der Waals surface area contributed by atoms with Gasteiger partial charge in [-0.3, -0.25) is 4.79 Å². The lowest BCUT2D eigenvalue weighted by atomic mass is 9.70. The standard InChI is InChI=1S/C16H18N2O2/c1-11-12-7-3-4-8-13(12)14(18-17-11)16(15(19)20)9-5-2-6-10-16/h3-4,7-8H,2,5-6,9-10H2,1H3,(H,19,20). The Morgan fingerprint density at radius 2 is 1.75 bits per heavy atom. The predicted molar refractivity (Wildman–Crippen MR) is 76.7 cm³/mol. The lowest BCUT2D eigenvalue weighted by Gasteiger charge is -2.33. The summed E-state index contributed by atoms with van der Waals surface area (Å²) in [6.07, 6.45) is 4.30. The number of nitrogens with zero attached hydrogens (tertiary/aromatic N) is 2. The first-order valence-electron chi connectivity index (χ1n) is 7.11. The number of carboxylic acids is 1.